The molecule has 0 spiro atoms. The topological polar surface area (TPSA) is 108 Å². The van der Waals surface area contributed by atoms with Crippen molar-refractivity contribution in [1.29, 1.82) is 5.26 Å². The zero-order valence-corrected chi connectivity index (χ0v) is 14.6. The van der Waals surface area contributed by atoms with E-state index in [0.717, 1.165) is 0 Å². The fourth-order valence-corrected chi connectivity index (χ4v) is 2.45. The third-order valence-corrected chi connectivity index (χ3v) is 3.92. The van der Waals surface area contributed by atoms with Gasteiger partial charge in [-0.1, -0.05) is 35.3 Å². The molecule has 0 aromatic heterocycles. The SMILES string of the molecule is N#Cc1cc(COc2cccc(C(O)=CC(=O)C(=O)O)c2)c(Cl)cc1Cl. The maximum Gasteiger partial charge on any atom is 0.376 e. The Labute approximate surface area is 158 Å². The molecule has 0 saturated carbocycles. The van der Waals surface area contributed by atoms with Gasteiger partial charge in [-0.2, -0.15) is 5.26 Å². The van der Waals surface area contributed by atoms with Gasteiger partial charge in [0, 0.05) is 22.2 Å². The van der Waals surface area contributed by atoms with Gasteiger partial charge in [0.2, 0.25) is 0 Å². The van der Waals surface area contributed by atoms with Crippen LogP contribution in [-0.2, 0) is 16.2 Å². The standard InChI is InChI=1S/C18H11Cl2NO5/c19-14-6-15(20)12(4-11(14)8-21)9-26-13-3-1-2-10(5-13)16(22)7-17(23)18(24)25/h1-7,22H,9H2,(H,24,25). The summed E-state index contributed by atoms with van der Waals surface area (Å²) in [5.41, 5.74) is 1.01. The highest BCUT2D eigenvalue weighted by Gasteiger charge is 2.12. The summed E-state index contributed by atoms with van der Waals surface area (Å²) < 4.78 is 5.58. The molecule has 26 heavy (non-hydrogen) atoms. The number of ether oxygens (including phenoxy) is 1. The summed E-state index contributed by atoms with van der Waals surface area (Å²) in [5, 5.41) is 28.0. The van der Waals surface area contributed by atoms with Crippen molar-refractivity contribution in [1.82, 2.24) is 0 Å². The molecule has 0 aliphatic heterocycles. The molecule has 2 aromatic rings. The first-order chi connectivity index (χ1) is 12.3. The number of nitriles is 1. The van der Waals surface area contributed by atoms with Crippen LogP contribution in [0.1, 0.15) is 16.7 Å². The van der Waals surface area contributed by atoms with Crippen molar-refractivity contribution in [2.75, 3.05) is 0 Å². The molecule has 0 aliphatic rings. The molecule has 8 heteroatoms. The molecule has 0 fully saturated rings. The van der Waals surface area contributed by atoms with Crippen LogP contribution in [0.5, 0.6) is 5.75 Å². The molecule has 0 heterocycles. The summed E-state index contributed by atoms with van der Waals surface area (Å²) in [6, 6.07) is 11.0. The Morgan fingerprint density at radius 3 is 2.54 bits per heavy atom. The van der Waals surface area contributed by atoms with Crippen LogP contribution in [0, 0.1) is 11.3 Å². The van der Waals surface area contributed by atoms with E-state index in [1.165, 1.54) is 24.3 Å². The summed E-state index contributed by atoms with van der Waals surface area (Å²) in [4.78, 5) is 21.7. The average molecular weight is 392 g/mol. The molecule has 0 radical (unpaired) electrons. The van der Waals surface area contributed by atoms with Gasteiger partial charge in [0.25, 0.3) is 5.78 Å². The maximum atomic E-state index is 11.1. The lowest BCUT2D eigenvalue weighted by atomic mass is 10.1. The van der Waals surface area contributed by atoms with Crippen molar-refractivity contribution in [3.63, 3.8) is 0 Å². The summed E-state index contributed by atoms with van der Waals surface area (Å²) in [6.45, 7) is 0.0344. The van der Waals surface area contributed by atoms with Gasteiger partial charge in [-0.25, -0.2) is 4.79 Å². The number of carboxylic acids is 1. The van der Waals surface area contributed by atoms with Crippen LogP contribution in [0.25, 0.3) is 5.76 Å². The number of ketones is 1. The Hall–Kier alpha value is -3.01. The first-order valence-electron chi connectivity index (χ1n) is 7.11. The van der Waals surface area contributed by atoms with Crippen molar-refractivity contribution < 1.29 is 24.5 Å². The zero-order chi connectivity index (χ0) is 19.3. The van der Waals surface area contributed by atoms with Crippen LogP contribution in [0.3, 0.4) is 0 Å². The number of carboxylic acid groups (broad SMARTS) is 1. The summed E-state index contributed by atoms with van der Waals surface area (Å²) in [7, 11) is 0. The van der Waals surface area contributed by atoms with Crippen molar-refractivity contribution in [3.8, 4) is 11.8 Å². The van der Waals surface area contributed by atoms with Gasteiger partial charge >= 0.3 is 5.97 Å². The molecule has 0 amide bonds. The fourth-order valence-electron chi connectivity index (χ4n) is 1.97. The van der Waals surface area contributed by atoms with E-state index in [0.29, 0.717) is 22.4 Å². The number of aliphatic carboxylic acids is 1. The highest BCUT2D eigenvalue weighted by Crippen LogP contribution is 2.27. The first kappa shape index (κ1) is 19.3. The van der Waals surface area contributed by atoms with Crippen LogP contribution in [-0.4, -0.2) is 22.0 Å². The summed E-state index contributed by atoms with van der Waals surface area (Å²) in [5.74, 6) is -3.07. The number of hydrogen-bond acceptors (Lipinski definition) is 5. The number of nitrogens with zero attached hydrogens (tertiary/aromatic N) is 1. The van der Waals surface area contributed by atoms with E-state index < -0.39 is 17.5 Å². The Balaban J connectivity index is 2.19. The molecule has 0 atom stereocenters. The van der Waals surface area contributed by atoms with E-state index in [2.05, 4.69) is 0 Å². The number of carbonyl (C=O) groups excluding carboxylic acids is 1. The molecule has 0 bridgehead atoms. The second-order valence-corrected chi connectivity index (χ2v) is 5.87. The molecule has 6 nitrogen and oxygen atoms in total. The summed E-state index contributed by atoms with van der Waals surface area (Å²) >= 11 is 12.0. The third-order valence-electron chi connectivity index (χ3n) is 3.26. The van der Waals surface area contributed by atoms with Crippen LogP contribution in [0.2, 0.25) is 10.0 Å². The lowest BCUT2D eigenvalue weighted by Crippen LogP contribution is -2.09. The largest absolute Gasteiger partial charge is 0.507 e. The minimum absolute atomic E-state index is 0.0344. The number of rotatable bonds is 6. The molecule has 0 unspecified atom stereocenters. The van der Waals surface area contributed by atoms with Crippen LogP contribution in [0.4, 0.5) is 0 Å². The van der Waals surface area contributed by atoms with Crippen molar-refractivity contribution >= 4 is 40.7 Å². The van der Waals surface area contributed by atoms with Crippen LogP contribution in [0.15, 0.2) is 42.5 Å². The van der Waals surface area contributed by atoms with Gasteiger partial charge in [-0.15, -0.1) is 0 Å². The number of hydrogen-bond donors (Lipinski definition) is 2. The Morgan fingerprint density at radius 2 is 1.88 bits per heavy atom. The smallest absolute Gasteiger partial charge is 0.376 e. The summed E-state index contributed by atoms with van der Waals surface area (Å²) in [6.07, 6.45) is 0.608. The molecular formula is C18H11Cl2NO5. The molecule has 2 aromatic carbocycles. The quantitative estimate of drug-likeness (QED) is 0.437. The number of aliphatic hydroxyl groups excluding tert-OH is 1. The third kappa shape index (κ3) is 4.76. The minimum Gasteiger partial charge on any atom is -0.507 e. The molecule has 132 valence electrons. The number of benzene rings is 2. The zero-order valence-electron chi connectivity index (χ0n) is 13.1. The first-order valence-corrected chi connectivity index (χ1v) is 7.86. The second kappa shape index (κ2) is 8.39. The second-order valence-electron chi connectivity index (χ2n) is 5.05. The van der Waals surface area contributed by atoms with Crippen molar-refractivity contribution in [2.45, 2.75) is 6.61 Å². The lowest BCUT2D eigenvalue weighted by molar-refractivity contribution is -0.146. The van der Waals surface area contributed by atoms with Gasteiger partial charge in [0.15, 0.2) is 0 Å². The van der Waals surface area contributed by atoms with Crippen LogP contribution < -0.4 is 4.74 Å². The van der Waals surface area contributed by atoms with E-state index in [-0.39, 0.29) is 22.8 Å². The predicted octanol–water partition coefficient (Wildman–Crippen LogP) is 4.00. The van der Waals surface area contributed by atoms with Gasteiger partial charge in [-0.05, 0) is 24.3 Å². The van der Waals surface area contributed by atoms with E-state index in [4.69, 9.17) is 38.3 Å². The normalized spacial score (nSPS) is 10.9. The number of halogens is 2. The van der Waals surface area contributed by atoms with Gasteiger partial charge in [-0.3, -0.25) is 4.79 Å². The van der Waals surface area contributed by atoms with E-state index in [9.17, 15) is 14.7 Å². The number of carbonyl (C=O) groups is 2. The van der Waals surface area contributed by atoms with Crippen molar-refractivity contribution in [3.05, 3.63) is 69.2 Å². The van der Waals surface area contributed by atoms with Gasteiger partial charge < -0.3 is 14.9 Å². The Kier molecular flexibility index (Phi) is 6.23. The molecule has 0 aliphatic carbocycles. The minimum atomic E-state index is -1.67. The Morgan fingerprint density at radius 1 is 1.15 bits per heavy atom. The predicted molar refractivity (Wildman–Crippen MR) is 95.2 cm³/mol. The average Bonchev–Trinajstić information content (AvgIpc) is 2.61. The monoisotopic (exact) mass is 391 g/mol. The molecule has 2 N–H and O–H groups in total. The highest BCUT2D eigenvalue weighted by molar-refractivity contribution is 6.38. The lowest BCUT2D eigenvalue weighted by Gasteiger charge is -2.10. The molecule has 0 saturated heterocycles. The fraction of sp³-hybridized carbons (Fsp3) is 0.0556. The van der Waals surface area contributed by atoms with Gasteiger partial charge in [0.05, 0.1) is 10.6 Å². The Bertz CT molecular complexity index is 947. The van der Waals surface area contributed by atoms with Gasteiger partial charge in [0.1, 0.15) is 24.2 Å². The van der Waals surface area contributed by atoms with E-state index in [1.807, 2.05) is 6.07 Å². The molecular weight excluding hydrogens is 381 g/mol. The number of aliphatic hydroxyl groups is 1. The maximum absolute atomic E-state index is 11.1. The highest BCUT2D eigenvalue weighted by atomic mass is 35.5. The van der Waals surface area contributed by atoms with Crippen molar-refractivity contribution in [2.24, 2.45) is 0 Å². The van der Waals surface area contributed by atoms with E-state index >= 15 is 0 Å². The van der Waals surface area contributed by atoms with Crippen LogP contribution >= 0.6 is 23.2 Å². The van der Waals surface area contributed by atoms with E-state index in [1.54, 1.807) is 12.1 Å². The molecule has 2 rings (SSSR count).